The summed E-state index contributed by atoms with van der Waals surface area (Å²) < 4.78 is 0. The SMILES string of the molecule is Cc1nc[nH]c(=O)c1CN1CCCCC1. The summed E-state index contributed by atoms with van der Waals surface area (Å²) in [5.74, 6) is 0. The number of piperidine rings is 1. The number of nitrogens with zero attached hydrogens (tertiary/aromatic N) is 2. The van der Waals surface area contributed by atoms with Crippen LogP contribution in [0.5, 0.6) is 0 Å². The second kappa shape index (κ2) is 4.57. The molecule has 1 saturated heterocycles. The fourth-order valence-corrected chi connectivity index (χ4v) is 2.04. The summed E-state index contributed by atoms with van der Waals surface area (Å²) in [6, 6.07) is 0. The minimum atomic E-state index is 0.00748. The Morgan fingerprint density at radius 2 is 2.13 bits per heavy atom. The first-order valence-corrected chi connectivity index (χ1v) is 5.53. The number of likely N-dealkylation sites (tertiary alicyclic amines) is 1. The maximum absolute atomic E-state index is 11.6. The van der Waals surface area contributed by atoms with Crippen LogP contribution in [0.1, 0.15) is 30.5 Å². The first-order valence-electron chi connectivity index (χ1n) is 5.53. The molecule has 0 radical (unpaired) electrons. The number of hydrogen-bond donors (Lipinski definition) is 1. The number of H-pyrrole nitrogens is 1. The molecule has 15 heavy (non-hydrogen) atoms. The van der Waals surface area contributed by atoms with Gasteiger partial charge in [-0.2, -0.15) is 0 Å². The molecular formula is C11H17N3O. The van der Waals surface area contributed by atoms with Gasteiger partial charge in [0, 0.05) is 12.2 Å². The first kappa shape index (κ1) is 10.4. The fourth-order valence-electron chi connectivity index (χ4n) is 2.04. The van der Waals surface area contributed by atoms with E-state index in [0.717, 1.165) is 30.9 Å². The molecule has 1 aliphatic heterocycles. The zero-order valence-corrected chi connectivity index (χ0v) is 9.12. The summed E-state index contributed by atoms with van der Waals surface area (Å²) in [6.07, 6.45) is 5.28. The van der Waals surface area contributed by atoms with Crippen molar-refractivity contribution in [3.63, 3.8) is 0 Å². The van der Waals surface area contributed by atoms with Gasteiger partial charge in [0.1, 0.15) is 0 Å². The van der Waals surface area contributed by atoms with Crippen LogP contribution in [0.4, 0.5) is 0 Å². The van der Waals surface area contributed by atoms with Crippen molar-refractivity contribution in [3.8, 4) is 0 Å². The number of rotatable bonds is 2. The van der Waals surface area contributed by atoms with Crippen LogP contribution in [0.3, 0.4) is 0 Å². The molecule has 2 heterocycles. The summed E-state index contributed by atoms with van der Waals surface area (Å²) >= 11 is 0. The highest BCUT2D eigenvalue weighted by atomic mass is 16.1. The van der Waals surface area contributed by atoms with E-state index in [4.69, 9.17) is 0 Å². The number of nitrogens with one attached hydrogen (secondary N) is 1. The lowest BCUT2D eigenvalue weighted by Gasteiger charge is -2.26. The van der Waals surface area contributed by atoms with Crippen molar-refractivity contribution in [2.45, 2.75) is 32.7 Å². The Kier molecular flexibility index (Phi) is 3.16. The molecule has 1 fully saturated rings. The van der Waals surface area contributed by atoms with E-state index in [2.05, 4.69) is 14.9 Å². The lowest BCUT2D eigenvalue weighted by Crippen LogP contribution is -2.32. The Morgan fingerprint density at radius 1 is 1.40 bits per heavy atom. The summed E-state index contributed by atoms with van der Waals surface area (Å²) in [6.45, 7) is 4.85. The molecular weight excluding hydrogens is 190 g/mol. The molecule has 82 valence electrons. The third-order valence-electron chi connectivity index (χ3n) is 3.00. The zero-order chi connectivity index (χ0) is 10.7. The van der Waals surface area contributed by atoms with E-state index in [-0.39, 0.29) is 5.56 Å². The number of aryl methyl sites for hydroxylation is 1. The Hall–Kier alpha value is -1.16. The molecule has 1 N–H and O–H groups in total. The Bertz CT molecular complexity index is 380. The number of aromatic nitrogens is 2. The van der Waals surface area contributed by atoms with Gasteiger partial charge in [0.05, 0.1) is 11.9 Å². The maximum atomic E-state index is 11.6. The molecule has 0 aromatic carbocycles. The Labute approximate surface area is 89.3 Å². The van der Waals surface area contributed by atoms with E-state index in [0.29, 0.717) is 0 Å². The van der Waals surface area contributed by atoms with Crippen LogP contribution in [-0.2, 0) is 6.54 Å². The topological polar surface area (TPSA) is 49.0 Å². The van der Waals surface area contributed by atoms with Crippen LogP contribution in [-0.4, -0.2) is 28.0 Å². The third kappa shape index (κ3) is 2.45. The summed E-state index contributed by atoms with van der Waals surface area (Å²) in [4.78, 5) is 20.7. The first-order chi connectivity index (χ1) is 7.27. The van der Waals surface area contributed by atoms with Crippen molar-refractivity contribution in [1.29, 1.82) is 0 Å². The van der Waals surface area contributed by atoms with Gasteiger partial charge in [0.2, 0.25) is 0 Å². The second-order valence-electron chi connectivity index (χ2n) is 4.13. The van der Waals surface area contributed by atoms with Crippen LogP contribution < -0.4 is 5.56 Å². The van der Waals surface area contributed by atoms with Gasteiger partial charge in [-0.25, -0.2) is 4.98 Å². The molecule has 4 nitrogen and oxygen atoms in total. The highest BCUT2D eigenvalue weighted by Gasteiger charge is 2.13. The van der Waals surface area contributed by atoms with Crippen molar-refractivity contribution in [2.75, 3.05) is 13.1 Å². The third-order valence-corrected chi connectivity index (χ3v) is 3.00. The minimum Gasteiger partial charge on any atom is -0.313 e. The smallest absolute Gasteiger partial charge is 0.255 e. The number of aromatic amines is 1. The normalized spacial score (nSPS) is 17.9. The summed E-state index contributed by atoms with van der Waals surface area (Å²) in [5.41, 5.74) is 1.68. The van der Waals surface area contributed by atoms with Gasteiger partial charge in [-0.05, 0) is 32.9 Å². The summed E-state index contributed by atoms with van der Waals surface area (Å²) in [7, 11) is 0. The molecule has 1 aromatic heterocycles. The predicted octanol–water partition coefficient (Wildman–Crippen LogP) is 1.06. The van der Waals surface area contributed by atoms with Gasteiger partial charge in [-0.1, -0.05) is 6.42 Å². The molecule has 1 aliphatic rings. The molecule has 0 amide bonds. The van der Waals surface area contributed by atoms with Crippen LogP contribution in [0.15, 0.2) is 11.1 Å². The van der Waals surface area contributed by atoms with Crippen molar-refractivity contribution in [2.24, 2.45) is 0 Å². The van der Waals surface area contributed by atoms with E-state index in [9.17, 15) is 4.79 Å². The molecule has 0 bridgehead atoms. The van der Waals surface area contributed by atoms with Gasteiger partial charge >= 0.3 is 0 Å². The monoisotopic (exact) mass is 207 g/mol. The average molecular weight is 207 g/mol. The largest absolute Gasteiger partial charge is 0.313 e. The van der Waals surface area contributed by atoms with E-state index in [1.165, 1.54) is 25.6 Å². The van der Waals surface area contributed by atoms with Crippen molar-refractivity contribution in [1.82, 2.24) is 14.9 Å². The van der Waals surface area contributed by atoms with Crippen molar-refractivity contribution < 1.29 is 0 Å². The molecule has 0 spiro atoms. The maximum Gasteiger partial charge on any atom is 0.255 e. The lowest BCUT2D eigenvalue weighted by atomic mass is 10.1. The summed E-state index contributed by atoms with van der Waals surface area (Å²) in [5, 5.41) is 0. The highest BCUT2D eigenvalue weighted by Crippen LogP contribution is 2.11. The second-order valence-corrected chi connectivity index (χ2v) is 4.13. The van der Waals surface area contributed by atoms with Crippen LogP contribution in [0.25, 0.3) is 0 Å². The van der Waals surface area contributed by atoms with Gasteiger partial charge in [-0.3, -0.25) is 9.69 Å². The molecule has 0 aliphatic carbocycles. The van der Waals surface area contributed by atoms with Crippen molar-refractivity contribution in [3.05, 3.63) is 27.9 Å². The molecule has 1 aromatic rings. The minimum absolute atomic E-state index is 0.00748. The quantitative estimate of drug-likeness (QED) is 0.789. The number of hydrogen-bond acceptors (Lipinski definition) is 3. The molecule has 2 rings (SSSR count). The highest BCUT2D eigenvalue weighted by molar-refractivity contribution is 5.14. The predicted molar refractivity (Wildman–Crippen MR) is 58.7 cm³/mol. The van der Waals surface area contributed by atoms with Crippen LogP contribution in [0.2, 0.25) is 0 Å². The fraction of sp³-hybridized carbons (Fsp3) is 0.636. The van der Waals surface area contributed by atoms with E-state index in [1.54, 1.807) is 0 Å². The van der Waals surface area contributed by atoms with Gasteiger partial charge in [-0.15, -0.1) is 0 Å². The van der Waals surface area contributed by atoms with Gasteiger partial charge < -0.3 is 4.98 Å². The van der Waals surface area contributed by atoms with Crippen molar-refractivity contribution >= 4 is 0 Å². The average Bonchev–Trinajstić information content (AvgIpc) is 2.25. The van der Waals surface area contributed by atoms with E-state index in [1.807, 2.05) is 6.92 Å². The molecule has 4 heteroatoms. The van der Waals surface area contributed by atoms with Gasteiger partial charge in [0.25, 0.3) is 5.56 Å². The van der Waals surface area contributed by atoms with Gasteiger partial charge in [0.15, 0.2) is 0 Å². The van der Waals surface area contributed by atoms with E-state index >= 15 is 0 Å². The van der Waals surface area contributed by atoms with Crippen LogP contribution >= 0.6 is 0 Å². The Balaban J connectivity index is 2.12. The molecule has 0 saturated carbocycles. The van der Waals surface area contributed by atoms with E-state index < -0.39 is 0 Å². The van der Waals surface area contributed by atoms with Crippen LogP contribution in [0, 0.1) is 6.92 Å². The molecule has 0 unspecified atom stereocenters. The standard InChI is InChI=1S/C11H17N3O/c1-9-10(11(15)13-8-12-9)7-14-5-3-2-4-6-14/h8H,2-7H2,1H3,(H,12,13,15). The lowest BCUT2D eigenvalue weighted by molar-refractivity contribution is 0.219. The zero-order valence-electron chi connectivity index (χ0n) is 9.12. The molecule has 0 atom stereocenters. The Morgan fingerprint density at radius 3 is 2.80 bits per heavy atom.